The SMILES string of the molecule is Cc1ccc2c(oc3ncccc32)c1N1[CH]C(C)(C)CC1(C)C. The number of hydrogen-bond donors (Lipinski definition) is 0. The molecule has 0 atom stereocenters. The molecule has 3 heteroatoms. The van der Waals surface area contributed by atoms with Gasteiger partial charge in [-0.15, -0.1) is 0 Å². The Kier molecular flexibility index (Phi) is 2.85. The number of pyridine rings is 1. The maximum absolute atomic E-state index is 6.17. The molecule has 0 spiro atoms. The van der Waals surface area contributed by atoms with E-state index in [1.807, 2.05) is 6.07 Å². The lowest BCUT2D eigenvalue weighted by atomic mass is 9.86. The largest absolute Gasteiger partial charge is 0.436 e. The molecular formula is C20H23N2O. The van der Waals surface area contributed by atoms with Gasteiger partial charge in [0.1, 0.15) is 0 Å². The fourth-order valence-corrected chi connectivity index (χ4v) is 4.20. The number of benzene rings is 1. The van der Waals surface area contributed by atoms with E-state index in [1.165, 1.54) is 11.3 Å². The van der Waals surface area contributed by atoms with Crippen molar-refractivity contribution in [3.63, 3.8) is 0 Å². The molecule has 1 radical (unpaired) electrons. The minimum Gasteiger partial charge on any atom is -0.436 e. The predicted octanol–water partition coefficient (Wildman–Crippen LogP) is 5.47. The Morgan fingerprint density at radius 3 is 2.57 bits per heavy atom. The Morgan fingerprint density at radius 1 is 1.09 bits per heavy atom. The van der Waals surface area contributed by atoms with Crippen molar-refractivity contribution in [2.45, 2.75) is 46.6 Å². The number of hydrogen-bond acceptors (Lipinski definition) is 3. The van der Waals surface area contributed by atoms with Crippen molar-refractivity contribution in [2.24, 2.45) is 5.41 Å². The van der Waals surface area contributed by atoms with Crippen LogP contribution >= 0.6 is 0 Å². The van der Waals surface area contributed by atoms with Gasteiger partial charge in [0.05, 0.1) is 12.2 Å². The third kappa shape index (κ3) is 2.13. The summed E-state index contributed by atoms with van der Waals surface area (Å²) < 4.78 is 6.17. The maximum Gasteiger partial charge on any atom is 0.227 e. The molecule has 1 aliphatic rings. The monoisotopic (exact) mass is 307 g/mol. The Bertz CT molecular complexity index is 905. The van der Waals surface area contributed by atoms with Gasteiger partial charge in [0.25, 0.3) is 0 Å². The van der Waals surface area contributed by atoms with Crippen LogP contribution in [-0.2, 0) is 0 Å². The quantitative estimate of drug-likeness (QED) is 0.597. The van der Waals surface area contributed by atoms with Gasteiger partial charge in [-0.05, 0) is 50.3 Å². The molecule has 3 heterocycles. The molecule has 0 N–H and O–H groups in total. The number of fused-ring (bicyclic) bond motifs is 3. The molecule has 3 nitrogen and oxygen atoms in total. The molecule has 0 unspecified atom stereocenters. The molecule has 4 rings (SSSR count). The van der Waals surface area contributed by atoms with Crippen LogP contribution in [0.3, 0.4) is 0 Å². The second-order valence-electron chi connectivity index (χ2n) is 8.04. The van der Waals surface area contributed by atoms with E-state index in [4.69, 9.17) is 4.42 Å². The summed E-state index contributed by atoms with van der Waals surface area (Å²) in [6.45, 7) is 13.7. The van der Waals surface area contributed by atoms with Crippen LogP contribution in [0.1, 0.15) is 39.7 Å². The standard InChI is InChI=1S/C20H23N2O/c1-13-8-9-14-15-7-6-10-21-18(15)23-17(14)16(13)22-12-19(2,3)11-20(22,4)5/h6-10,12H,11H2,1-5H3. The maximum atomic E-state index is 6.17. The smallest absolute Gasteiger partial charge is 0.227 e. The molecule has 119 valence electrons. The molecule has 1 saturated heterocycles. The first-order valence-corrected chi connectivity index (χ1v) is 8.21. The summed E-state index contributed by atoms with van der Waals surface area (Å²) in [5, 5.41) is 2.22. The van der Waals surface area contributed by atoms with E-state index in [9.17, 15) is 0 Å². The molecule has 1 fully saturated rings. The van der Waals surface area contributed by atoms with E-state index < -0.39 is 0 Å². The summed E-state index contributed by atoms with van der Waals surface area (Å²) in [5.41, 5.74) is 4.32. The molecular weight excluding hydrogens is 284 g/mol. The molecule has 2 aromatic heterocycles. The van der Waals surface area contributed by atoms with Crippen LogP contribution in [0.25, 0.3) is 22.1 Å². The van der Waals surface area contributed by atoms with E-state index in [-0.39, 0.29) is 11.0 Å². The minimum absolute atomic E-state index is 0.0644. The van der Waals surface area contributed by atoms with Crippen molar-refractivity contribution in [1.29, 1.82) is 0 Å². The van der Waals surface area contributed by atoms with Crippen LogP contribution < -0.4 is 4.90 Å². The van der Waals surface area contributed by atoms with Crippen LogP contribution in [0.15, 0.2) is 34.9 Å². The highest BCUT2D eigenvalue weighted by Gasteiger charge is 2.44. The summed E-state index contributed by atoms with van der Waals surface area (Å²) in [5.74, 6) is 0. The highest BCUT2D eigenvalue weighted by atomic mass is 16.3. The van der Waals surface area contributed by atoms with Crippen LogP contribution in [0.4, 0.5) is 5.69 Å². The van der Waals surface area contributed by atoms with Crippen molar-refractivity contribution < 1.29 is 4.42 Å². The zero-order valence-corrected chi connectivity index (χ0v) is 14.5. The van der Waals surface area contributed by atoms with Crippen molar-refractivity contribution in [2.75, 3.05) is 4.90 Å². The summed E-state index contributed by atoms with van der Waals surface area (Å²) in [6, 6.07) is 8.38. The lowest BCUT2D eigenvalue weighted by molar-refractivity contribution is 0.388. The second-order valence-corrected chi connectivity index (χ2v) is 8.04. The molecule has 0 saturated carbocycles. The lowest BCUT2D eigenvalue weighted by Crippen LogP contribution is -2.36. The fraction of sp³-hybridized carbons (Fsp3) is 0.400. The minimum atomic E-state index is 0.0644. The van der Waals surface area contributed by atoms with Crippen LogP contribution in [0.5, 0.6) is 0 Å². The number of nitrogens with zero attached hydrogens (tertiary/aromatic N) is 2. The van der Waals surface area contributed by atoms with Gasteiger partial charge in [0, 0.05) is 22.5 Å². The number of anilines is 1. The average Bonchev–Trinajstić information content (AvgIpc) is 2.92. The number of aromatic nitrogens is 1. The number of aryl methyl sites for hydroxylation is 1. The molecule has 1 aromatic carbocycles. The van der Waals surface area contributed by atoms with Gasteiger partial charge in [-0.3, -0.25) is 0 Å². The van der Waals surface area contributed by atoms with Gasteiger partial charge in [-0.25, -0.2) is 4.98 Å². The van der Waals surface area contributed by atoms with Crippen LogP contribution in [-0.4, -0.2) is 10.5 Å². The normalized spacial score (nSPS) is 19.8. The zero-order chi connectivity index (χ0) is 16.4. The van der Waals surface area contributed by atoms with Gasteiger partial charge < -0.3 is 9.32 Å². The van der Waals surface area contributed by atoms with Gasteiger partial charge in [-0.2, -0.15) is 0 Å². The highest BCUT2D eigenvalue weighted by Crippen LogP contribution is 2.49. The number of rotatable bonds is 1. The van der Waals surface area contributed by atoms with E-state index in [2.05, 4.69) is 69.2 Å². The van der Waals surface area contributed by atoms with E-state index in [0.717, 1.165) is 22.8 Å². The molecule has 0 aliphatic carbocycles. The number of furan rings is 1. The fourth-order valence-electron chi connectivity index (χ4n) is 4.20. The third-order valence-electron chi connectivity index (χ3n) is 4.85. The lowest BCUT2D eigenvalue weighted by Gasteiger charge is -2.34. The molecule has 1 aliphatic heterocycles. The summed E-state index contributed by atoms with van der Waals surface area (Å²) in [7, 11) is 0. The van der Waals surface area contributed by atoms with Crippen molar-refractivity contribution in [3.05, 3.63) is 42.6 Å². The van der Waals surface area contributed by atoms with E-state index in [0.29, 0.717) is 5.71 Å². The van der Waals surface area contributed by atoms with Crippen molar-refractivity contribution in [1.82, 2.24) is 4.98 Å². The summed E-state index contributed by atoms with van der Waals surface area (Å²) >= 11 is 0. The summed E-state index contributed by atoms with van der Waals surface area (Å²) in [6.07, 6.45) is 2.90. The second kappa shape index (κ2) is 4.50. The zero-order valence-electron chi connectivity index (χ0n) is 14.5. The first-order chi connectivity index (χ1) is 10.8. The molecule has 0 amide bonds. The van der Waals surface area contributed by atoms with Gasteiger partial charge >= 0.3 is 0 Å². The topological polar surface area (TPSA) is 29.3 Å². The Hall–Kier alpha value is -2.03. The average molecular weight is 307 g/mol. The predicted molar refractivity (Wildman–Crippen MR) is 95.5 cm³/mol. The van der Waals surface area contributed by atoms with Gasteiger partial charge in [-0.1, -0.05) is 26.0 Å². The first-order valence-electron chi connectivity index (χ1n) is 8.21. The first kappa shape index (κ1) is 14.6. The van der Waals surface area contributed by atoms with Crippen molar-refractivity contribution >= 4 is 27.8 Å². The third-order valence-corrected chi connectivity index (χ3v) is 4.85. The Morgan fingerprint density at radius 2 is 1.87 bits per heavy atom. The van der Waals surface area contributed by atoms with Crippen molar-refractivity contribution in [3.8, 4) is 0 Å². The van der Waals surface area contributed by atoms with Crippen LogP contribution in [0, 0.1) is 18.9 Å². The van der Waals surface area contributed by atoms with Crippen LogP contribution in [0.2, 0.25) is 0 Å². The van der Waals surface area contributed by atoms with E-state index >= 15 is 0 Å². The summed E-state index contributed by atoms with van der Waals surface area (Å²) in [4.78, 5) is 6.80. The highest BCUT2D eigenvalue weighted by molar-refractivity contribution is 6.08. The van der Waals surface area contributed by atoms with Gasteiger partial charge in [0.15, 0.2) is 5.58 Å². The molecule has 0 bridgehead atoms. The van der Waals surface area contributed by atoms with Gasteiger partial charge in [0.2, 0.25) is 5.71 Å². The molecule has 3 aromatic rings. The van der Waals surface area contributed by atoms with E-state index in [1.54, 1.807) is 6.20 Å². The molecule has 23 heavy (non-hydrogen) atoms. The Labute approximate surface area is 137 Å². The Balaban J connectivity index is 2.01.